The van der Waals surface area contributed by atoms with Crippen molar-refractivity contribution in [1.29, 1.82) is 0 Å². The van der Waals surface area contributed by atoms with Crippen LogP contribution in [0.5, 0.6) is 0 Å². The monoisotopic (exact) mass is 239 g/mol. The Morgan fingerprint density at radius 1 is 1.50 bits per heavy atom. The minimum Gasteiger partial charge on any atom is -0.480 e. The molecule has 5 heteroatoms. The summed E-state index contributed by atoms with van der Waals surface area (Å²) in [7, 11) is 0. The third-order valence-corrected chi connectivity index (χ3v) is 3.67. The molecule has 0 bridgehead atoms. The summed E-state index contributed by atoms with van der Waals surface area (Å²) in [6, 6.07) is 3.86. The second-order valence-electron chi connectivity index (χ2n) is 4.12. The van der Waals surface area contributed by atoms with Crippen molar-refractivity contribution in [2.75, 3.05) is 0 Å². The van der Waals surface area contributed by atoms with Gasteiger partial charge in [-0.1, -0.05) is 0 Å². The van der Waals surface area contributed by atoms with Gasteiger partial charge in [-0.3, -0.25) is 4.79 Å². The highest BCUT2D eigenvalue weighted by Crippen LogP contribution is 2.35. The number of carbonyl (C=O) groups is 2. The average molecular weight is 239 g/mol. The SMILES string of the molecule is Cc1ccc(CC(=O)NC2(C(=O)O)CC2)s1. The Balaban J connectivity index is 1.92. The van der Waals surface area contributed by atoms with Crippen LogP contribution in [-0.4, -0.2) is 22.5 Å². The molecule has 0 radical (unpaired) electrons. The first-order valence-corrected chi connectivity index (χ1v) is 5.93. The third kappa shape index (κ3) is 2.24. The van der Waals surface area contributed by atoms with Crippen LogP contribution in [0, 0.1) is 6.92 Å². The molecule has 1 amide bonds. The van der Waals surface area contributed by atoms with Crippen LogP contribution >= 0.6 is 11.3 Å². The molecule has 1 aromatic heterocycles. The number of carboxylic acids is 1. The molecule has 4 nitrogen and oxygen atoms in total. The summed E-state index contributed by atoms with van der Waals surface area (Å²) in [5, 5.41) is 11.5. The molecule has 0 spiro atoms. The lowest BCUT2D eigenvalue weighted by Gasteiger charge is -2.11. The second kappa shape index (κ2) is 3.90. The van der Waals surface area contributed by atoms with E-state index in [0.717, 1.165) is 9.75 Å². The van der Waals surface area contributed by atoms with Gasteiger partial charge in [0.1, 0.15) is 5.54 Å². The highest BCUT2D eigenvalue weighted by molar-refractivity contribution is 7.12. The van der Waals surface area contributed by atoms with Crippen LogP contribution in [0.3, 0.4) is 0 Å². The average Bonchev–Trinajstić information content (AvgIpc) is 2.85. The summed E-state index contributed by atoms with van der Waals surface area (Å²) >= 11 is 1.56. The molecule has 2 N–H and O–H groups in total. The van der Waals surface area contributed by atoms with Crippen LogP contribution in [0.15, 0.2) is 12.1 Å². The number of hydrogen-bond donors (Lipinski definition) is 2. The molecule has 1 heterocycles. The van der Waals surface area contributed by atoms with Gasteiger partial charge in [0.25, 0.3) is 0 Å². The fourth-order valence-corrected chi connectivity index (χ4v) is 2.46. The van der Waals surface area contributed by atoms with E-state index in [1.54, 1.807) is 11.3 Å². The van der Waals surface area contributed by atoms with Crippen molar-refractivity contribution >= 4 is 23.2 Å². The number of nitrogens with one attached hydrogen (secondary N) is 1. The first kappa shape index (κ1) is 11.1. The Morgan fingerprint density at radius 3 is 2.62 bits per heavy atom. The summed E-state index contributed by atoms with van der Waals surface area (Å²) in [6.45, 7) is 1.98. The van der Waals surface area contributed by atoms with E-state index in [0.29, 0.717) is 12.8 Å². The smallest absolute Gasteiger partial charge is 0.329 e. The van der Waals surface area contributed by atoms with Crippen LogP contribution in [0.2, 0.25) is 0 Å². The molecule has 0 atom stereocenters. The van der Waals surface area contributed by atoms with Gasteiger partial charge in [0.05, 0.1) is 6.42 Å². The Morgan fingerprint density at radius 2 is 2.19 bits per heavy atom. The summed E-state index contributed by atoms with van der Waals surface area (Å²) < 4.78 is 0. The fourth-order valence-electron chi connectivity index (χ4n) is 1.57. The van der Waals surface area contributed by atoms with Crippen LogP contribution < -0.4 is 5.32 Å². The molecule has 0 unspecified atom stereocenters. The van der Waals surface area contributed by atoms with Gasteiger partial charge >= 0.3 is 5.97 Å². The van der Waals surface area contributed by atoms with E-state index >= 15 is 0 Å². The molecule has 1 saturated carbocycles. The van der Waals surface area contributed by atoms with Gasteiger partial charge in [0.2, 0.25) is 5.91 Å². The minimum absolute atomic E-state index is 0.207. The van der Waals surface area contributed by atoms with Crippen molar-refractivity contribution < 1.29 is 14.7 Å². The van der Waals surface area contributed by atoms with Crippen LogP contribution in [0.1, 0.15) is 22.6 Å². The minimum atomic E-state index is -0.969. The van der Waals surface area contributed by atoms with Crippen molar-refractivity contribution in [3.8, 4) is 0 Å². The van der Waals surface area contributed by atoms with E-state index in [1.165, 1.54) is 0 Å². The first-order valence-electron chi connectivity index (χ1n) is 5.12. The number of aryl methyl sites for hydroxylation is 1. The number of carbonyl (C=O) groups excluding carboxylic acids is 1. The number of amides is 1. The van der Waals surface area contributed by atoms with Gasteiger partial charge < -0.3 is 10.4 Å². The number of hydrogen-bond acceptors (Lipinski definition) is 3. The second-order valence-corrected chi connectivity index (χ2v) is 5.50. The van der Waals surface area contributed by atoms with Crippen molar-refractivity contribution in [2.24, 2.45) is 0 Å². The zero-order valence-corrected chi connectivity index (χ0v) is 9.76. The Labute approximate surface area is 97.3 Å². The van der Waals surface area contributed by atoms with Crippen molar-refractivity contribution in [3.05, 3.63) is 21.9 Å². The summed E-state index contributed by atoms with van der Waals surface area (Å²) in [4.78, 5) is 24.6. The van der Waals surface area contributed by atoms with Crippen LogP contribution in [-0.2, 0) is 16.0 Å². The highest BCUT2D eigenvalue weighted by atomic mass is 32.1. The highest BCUT2D eigenvalue weighted by Gasteiger charge is 2.51. The molecule has 86 valence electrons. The van der Waals surface area contributed by atoms with Gasteiger partial charge in [-0.05, 0) is 31.9 Å². The lowest BCUT2D eigenvalue weighted by molar-refractivity contribution is -0.143. The van der Waals surface area contributed by atoms with Gasteiger partial charge in [0, 0.05) is 9.75 Å². The maximum Gasteiger partial charge on any atom is 0.329 e. The Bertz CT molecular complexity index is 434. The predicted octanol–water partition coefficient (Wildman–Crippen LogP) is 1.33. The van der Waals surface area contributed by atoms with Gasteiger partial charge in [-0.15, -0.1) is 11.3 Å². The summed E-state index contributed by atoms with van der Waals surface area (Å²) in [5.41, 5.74) is -0.969. The molecule has 0 aromatic carbocycles. The largest absolute Gasteiger partial charge is 0.480 e. The lowest BCUT2D eigenvalue weighted by atomic mass is 10.2. The van der Waals surface area contributed by atoms with Crippen LogP contribution in [0.25, 0.3) is 0 Å². The van der Waals surface area contributed by atoms with E-state index in [4.69, 9.17) is 5.11 Å². The standard InChI is InChI=1S/C11H13NO3S/c1-7-2-3-8(16-7)6-9(13)12-11(4-5-11)10(14)15/h2-3H,4-6H2,1H3,(H,12,13)(H,14,15). The molecule has 1 aliphatic carbocycles. The zero-order chi connectivity index (χ0) is 11.8. The lowest BCUT2D eigenvalue weighted by Crippen LogP contribution is -2.43. The van der Waals surface area contributed by atoms with E-state index in [-0.39, 0.29) is 12.3 Å². The van der Waals surface area contributed by atoms with Gasteiger partial charge in [-0.2, -0.15) is 0 Å². The maximum atomic E-state index is 11.6. The van der Waals surface area contributed by atoms with Crippen molar-refractivity contribution in [2.45, 2.75) is 31.7 Å². The van der Waals surface area contributed by atoms with Crippen LogP contribution in [0.4, 0.5) is 0 Å². The number of aliphatic carboxylic acids is 1. The molecule has 16 heavy (non-hydrogen) atoms. The van der Waals surface area contributed by atoms with E-state index in [1.807, 2.05) is 19.1 Å². The Kier molecular flexibility index (Phi) is 2.71. The van der Waals surface area contributed by atoms with Crippen molar-refractivity contribution in [1.82, 2.24) is 5.32 Å². The number of thiophene rings is 1. The summed E-state index contributed by atoms with van der Waals surface area (Å²) in [5.74, 6) is -1.13. The fraction of sp³-hybridized carbons (Fsp3) is 0.455. The molecular weight excluding hydrogens is 226 g/mol. The van der Waals surface area contributed by atoms with Gasteiger partial charge in [-0.25, -0.2) is 4.79 Å². The molecule has 2 rings (SSSR count). The molecule has 1 aromatic rings. The number of carboxylic acid groups (broad SMARTS) is 1. The first-order chi connectivity index (χ1) is 7.52. The quantitative estimate of drug-likeness (QED) is 0.833. The normalized spacial score (nSPS) is 16.8. The van der Waals surface area contributed by atoms with Crippen molar-refractivity contribution in [3.63, 3.8) is 0 Å². The van der Waals surface area contributed by atoms with Gasteiger partial charge in [0.15, 0.2) is 0 Å². The van der Waals surface area contributed by atoms with E-state index < -0.39 is 11.5 Å². The third-order valence-electron chi connectivity index (χ3n) is 2.67. The predicted molar refractivity (Wildman–Crippen MR) is 60.5 cm³/mol. The maximum absolute atomic E-state index is 11.6. The number of rotatable bonds is 4. The zero-order valence-electron chi connectivity index (χ0n) is 8.95. The summed E-state index contributed by atoms with van der Waals surface area (Å²) in [6.07, 6.45) is 1.35. The van der Waals surface area contributed by atoms with E-state index in [2.05, 4.69) is 5.32 Å². The molecule has 0 saturated heterocycles. The van der Waals surface area contributed by atoms with E-state index in [9.17, 15) is 9.59 Å². The molecule has 1 aliphatic rings. The molecule has 1 fully saturated rings. The topological polar surface area (TPSA) is 66.4 Å². The molecular formula is C11H13NO3S. The Hall–Kier alpha value is -1.36. The molecule has 0 aliphatic heterocycles.